The van der Waals surface area contributed by atoms with Crippen LogP contribution in [0.4, 0.5) is 5.69 Å². The van der Waals surface area contributed by atoms with Gasteiger partial charge in [0.1, 0.15) is 5.92 Å². The van der Waals surface area contributed by atoms with Gasteiger partial charge in [-0.05, 0) is 49.9 Å². The maximum atomic E-state index is 12.7. The van der Waals surface area contributed by atoms with E-state index in [1.165, 1.54) is 0 Å². The lowest BCUT2D eigenvalue weighted by Gasteiger charge is -2.34. The summed E-state index contributed by atoms with van der Waals surface area (Å²) in [6, 6.07) is 7.23. The van der Waals surface area contributed by atoms with Crippen molar-refractivity contribution in [2.75, 3.05) is 11.4 Å². The topological polar surface area (TPSA) is 85.2 Å². The van der Waals surface area contributed by atoms with Gasteiger partial charge in [0.2, 0.25) is 11.8 Å². The molecule has 1 aromatic carbocycles. The highest BCUT2D eigenvalue weighted by atomic mass is 35.5. The quantitative estimate of drug-likeness (QED) is 0.933. The van der Waals surface area contributed by atoms with Crippen LogP contribution in [0.25, 0.3) is 0 Å². The summed E-state index contributed by atoms with van der Waals surface area (Å²) in [4.78, 5) is 18.8. The number of nitrogens with zero attached hydrogens (tertiary/aromatic N) is 3. The number of benzene rings is 1. The lowest BCUT2D eigenvalue weighted by Crippen LogP contribution is -2.44. The maximum absolute atomic E-state index is 12.7. The Kier molecular flexibility index (Phi) is 3.39. The van der Waals surface area contributed by atoms with Crippen molar-refractivity contribution in [3.05, 3.63) is 41.0 Å². The molecule has 1 aromatic heterocycles. The van der Waals surface area contributed by atoms with Crippen LogP contribution in [-0.4, -0.2) is 22.6 Å². The van der Waals surface area contributed by atoms with E-state index in [0.29, 0.717) is 29.7 Å². The summed E-state index contributed by atoms with van der Waals surface area (Å²) in [5.74, 6) is 0.479. The smallest absolute Gasteiger partial charge is 0.239 e. The molecule has 2 fully saturated rings. The molecule has 2 aromatic rings. The van der Waals surface area contributed by atoms with Crippen molar-refractivity contribution >= 4 is 23.2 Å². The van der Waals surface area contributed by atoms with E-state index in [1.54, 1.807) is 17.0 Å². The van der Waals surface area contributed by atoms with Crippen LogP contribution in [0.2, 0.25) is 5.02 Å². The van der Waals surface area contributed by atoms with E-state index in [2.05, 4.69) is 10.1 Å². The largest absolute Gasteiger partial charge is 0.338 e. The molecule has 1 atom stereocenters. The lowest BCUT2D eigenvalue weighted by atomic mass is 9.77. The normalized spacial score (nSPS) is 23.1. The Bertz CT molecular complexity index is 739. The van der Waals surface area contributed by atoms with E-state index < -0.39 is 11.5 Å². The molecule has 6 nitrogen and oxygen atoms in total. The summed E-state index contributed by atoms with van der Waals surface area (Å²) in [7, 11) is 0. The molecule has 120 valence electrons. The van der Waals surface area contributed by atoms with Crippen LogP contribution in [0.5, 0.6) is 0 Å². The van der Waals surface area contributed by atoms with Gasteiger partial charge < -0.3 is 15.2 Å². The summed E-state index contributed by atoms with van der Waals surface area (Å²) in [6.45, 7) is 0.622. The molecule has 1 saturated heterocycles. The van der Waals surface area contributed by atoms with Crippen LogP contribution in [0.15, 0.2) is 28.8 Å². The van der Waals surface area contributed by atoms with Crippen LogP contribution in [0.3, 0.4) is 0 Å². The zero-order valence-corrected chi connectivity index (χ0v) is 13.3. The van der Waals surface area contributed by atoms with E-state index in [1.807, 2.05) is 12.1 Å². The molecular weight excluding hydrogens is 316 g/mol. The SMILES string of the molecule is NC1(c2noc(C3CCN(c4ccc(Cl)cc4)C3=O)n2)CCC1. The van der Waals surface area contributed by atoms with Crippen LogP contribution in [0, 0.1) is 0 Å². The number of rotatable bonds is 3. The maximum Gasteiger partial charge on any atom is 0.239 e. The number of anilines is 1. The monoisotopic (exact) mass is 332 g/mol. The minimum atomic E-state index is -0.473. The molecule has 4 rings (SSSR count). The van der Waals surface area contributed by atoms with Crippen molar-refractivity contribution in [1.29, 1.82) is 0 Å². The van der Waals surface area contributed by atoms with Gasteiger partial charge in [-0.15, -0.1) is 0 Å². The molecule has 0 bridgehead atoms. The number of amides is 1. The molecule has 23 heavy (non-hydrogen) atoms. The highest BCUT2D eigenvalue weighted by Crippen LogP contribution is 2.38. The van der Waals surface area contributed by atoms with Crippen LogP contribution >= 0.6 is 11.6 Å². The average Bonchev–Trinajstić information content (AvgIpc) is 3.13. The van der Waals surface area contributed by atoms with Gasteiger partial charge in [-0.3, -0.25) is 4.79 Å². The fourth-order valence-electron chi connectivity index (χ4n) is 3.15. The number of carbonyl (C=O) groups excluding carboxylic acids is 1. The molecule has 0 radical (unpaired) electrons. The third kappa shape index (κ3) is 2.42. The Morgan fingerprint density at radius 3 is 2.70 bits per heavy atom. The standard InChI is InChI=1S/C16H17ClN4O2/c17-10-2-4-11(5-3-10)21-9-6-12(14(21)22)13-19-15(20-23-13)16(18)7-1-8-16/h2-5,12H,1,6-9,18H2. The minimum absolute atomic E-state index is 0.0257. The summed E-state index contributed by atoms with van der Waals surface area (Å²) in [5, 5.41) is 4.64. The first-order chi connectivity index (χ1) is 11.1. The highest BCUT2D eigenvalue weighted by molar-refractivity contribution is 6.30. The zero-order chi connectivity index (χ0) is 16.0. The van der Waals surface area contributed by atoms with Crippen molar-refractivity contribution in [2.24, 2.45) is 5.73 Å². The Morgan fingerprint density at radius 2 is 2.04 bits per heavy atom. The number of hydrogen-bond acceptors (Lipinski definition) is 5. The fourth-order valence-corrected chi connectivity index (χ4v) is 3.27. The van der Waals surface area contributed by atoms with Crippen molar-refractivity contribution in [3.63, 3.8) is 0 Å². The van der Waals surface area contributed by atoms with Gasteiger partial charge >= 0.3 is 0 Å². The third-order valence-electron chi connectivity index (χ3n) is 4.77. The summed E-state index contributed by atoms with van der Waals surface area (Å²) >= 11 is 5.90. The number of carbonyl (C=O) groups is 1. The van der Waals surface area contributed by atoms with Gasteiger partial charge in [-0.25, -0.2) is 0 Å². The van der Waals surface area contributed by atoms with Crippen molar-refractivity contribution in [1.82, 2.24) is 10.1 Å². The first kappa shape index (κ1) is 14.7. The van der Waals surface area contributed by atoms with Crippen molar-refractivity contribution < 1.29 is 9.32 Å². The van der Waals surface area contributed by atoms with Crippen LogP contribution < -0.4 is 10.6 Å². The molecule has 2 aliphatic rings. The molecule has 1 aliphatic heterocycles. The summed E-state index contributed by atoms with van der Waals surface area (Å²) in [6.07, 6.45) is 3.46. The highest BCUT2D eigenvalue weighted by Gasteiger charge is 2.42. The Morgan fingerprint density at radius 1 is 1.30 bits per heavy atom. The predicted octanol–water partition coefficient (Wildman–Crippen LogP) is 2.58. The second-order valence-corrected chi connectivity index (χ2v) is 6.71. The van der Waals surface area contributed by atoms with E-state index in [0.717, 1.165) is 24.9 Å². The molecule has 1 aliphatic carbocycles. The summed E-state index contributed by atoms with van der Waals surface area (Å²) < 4.78 is 5.33. The van der Waals surface area contributed by atoms with Crippen molar-refractivity contribution in [2.45, 2.75) is 37.1 Å². The number of aromatic nitrogens is 2. The van der Waals surface area contributed by atoms with Crippen LogP contribution in [-0.2, 0) is 10.3 Å². The Balaban J connectivity index is 1.55. The molecular formula is C16H17ClN4O2. The first-order valence-electron chi connectivity index (χ1n) is 7.77. The number of hydrogen-bond donors (Lipinski definition) is 1. The summed E-state index contributed by atoms with van der Waals surface area (Å²) in [5.41, 5.74) is 6.57. The Labute approximate surface area is 138 Å². The van der Waals surface area contributed by atoms with E-state index in [-0.39, 0.29) is 5.91 Å². The number of halogens is 1. The van der Waals surface area contributed by atoms with Gasteiger partial charge in [-0.2, -0.15) is 4.98 Å². The third-order valence-corrected chi connectivity index (χ3v) is 5.03. The Hall–Kier alpha value is -1.92. The van der Waals surface area contributed by atoms with Crippen molar-refractivity contribution in [3.8, 4) is 0 Å². The molecule has 1 unspecified atom stereocenters. The predicted molar refractivity (Wildman–Crippen MR) is 85.2 cm³/mol. The molecule has 1 amide bonds. The molecule has 2 heterocycles. The lowest BCUT2D eigenvalue weighted by molar-refractivity contribution is -0.118. The molecule has 1 saturated carbocycles. The first-order valence-corrected chi connectivity index (χ1v) is 8.14. The second-order valence-electron chi connectivity index (χ2n) is 6.27. The van der Waals surface area contributed by atoms with Gasteiger partial charge in [0.15, 0.2) is 5.82 Å². The number of nitrogens with two attached hydrogens (primary N) is 1. The zero-order valence-electron chi connectivity index (χ0n) is 12.5. The van der Waals surface area contributed by atoms with Gasteiger partial charge in [-0.1, -0.05) is 16.8 Å². The van der Waals surface area contributed by atoms with Gasteiger partial charge in [0.05, 0.1) is 5.54 Å². The molecule has 7 heteroatoms. The molecule has 2 N–H and O–H groups in total. The average molecular weight is 333 g/mol. The van der Waals surface area contributed by atoms with E-state index in [9.17, 15) is 4.79 Å². The molecule has 0 spiro atoms. The minimum Gasteiger partial charge on any atom is -0.338 e. The second kappa shape index (κ2) is 5.32. The van der Waals surface area contributed by atoms with Gasteiger partial charge in [0.25, 0.3) is 0 Å². The van der Waals surface area contributed by atoms with Gasteiger partial charge in [0, 0.05) is 17.3 Å². The fraction of sp³-hybridized carbons (Fsp3) is 0.438. The van der Waals surface area contributed by atoms with E-state index >= 15 is 0 Å². The van der Waals surface area contributed by atoms with E-state index in [4.69, 9.17) is 21.9 Å². The van der Waals surface area contributed by atoms with Crippen LogP contribution in [0.1, 0.15) is 43.3 Å².